The van der Waals surface area contributed by atoms with E-state index in [0.29, 0.717) is 6.04 Å². The van der Waals surface area contributed by atoms with Crippen LogP contribution in [0.5, 0.6) is 0 Å². The Morgan fingerprint density at radius 3 is 2.61 bits per heavy atom. The summed E-state index contributed by atoms with van der Waals surface area (Å²) in [6.45, 7) is 7.61. The van der Waals surface area contributed by atoms with Gasteiger partial charge in [0.2, 0.25) is 0 Å². The monoisotopic (exact) mass is 251 g/mol. The molecule has 1 N–H and O–H groups in total. The average Bonchev–Trinajstić information content (AvgIpc) is 2.67. The lowest BCUT2D eigenvalue weighted by molar-refractivity contribution is 0.479. The fourth-order valence-electron chi connectivity index (χ4n) is 2.16. The van der Waals surface area contributed by atoms with E-state index in [2.05, 4.69) is 31.2 Å². The van der Waals surface area contributed by atoms with Crippen molar-refractivity contribution in [2.24, 2.45) is 7.05 Å². The second kappa shape index (κ2) is 8.30. The highest BCUT2D eigenvalue weighted by Crippen LogP contribution is 2.09. The van der Waals surface area contributed by atoms with Gasteiger partial charge >= 0.3 is 0 Å². The van der Waals surface area contributed by atoms with Crippen molar-refractivity contribution in [2.75, 3.05) is 0 Å². The van der Waals surface area contributed by atoms with Gasteiger partial charge < -0.3 is 5.32 Å². The van der Waals surface area contributed by atoms with E-state index in [4.69, 9.17) is 0 Å². The molecule has 1 rings (SSSR count). The summed E-state index contributed by atoms with van der Waals surface area (Å²) in [5, 5.41) is 7.86. The van der Waals surface area contributed by atoms with E-state index >= 15 is 0 Å². The summed E-state index contributed by atoms with van der Waals surface area (Å²) in [6, 6.07) is 0.603. The maximum atomic E-state index is 4.27. The van der Waals surface area contributed by atoms with Crippen LogP contribution >= 0.6 is 0 Å². The van der Waals surface area contributed by atoms with E-state index in [1.165, 1.54) is 49.8 Å². The minimum atomic E-state index is 0.603. The molecule has 1 aromatic rings. The lowest BCUT2D eigenvalue weighted by Crippen LogP contribution is -2.25. The molecular formula is C15H29N3. The predicted octanol–water partition coefficient (Wildman–Crippen LogP) is 3.57. The minimum absolute atomic E-state index is 0.603. The Labute approximate surface area is 112 Å². The SMILES string of the molecule is CCCCCCCC(C)NCc1cnn(C)c1C. The van der Waals surface area contributed by atoms with Gasteiger partial charge in [-0.05, 0) is 20.3 Å². The van der Waals surface area contributed by atoms with E-state index < -0.39 is 0 Å². The number of nitrogens with zero attached hydrogens (tertiary/aromatic N) is 2. The van der Waals surface area contributed by atoms with Crippen LogP contribution in [-0.2, 0) is 13.6 Å². The molecule has 3 nitrogen and oxygen atoms in total. The van der Waals surface area contributed by atoms with E-state index in [1.807, 2.05) is 17.9 Å². The van der Waals surface area contributed by atoms with Crippen molar-refractivity contribution in [2.45, 2.75) is 71.9 Å². The molecule has 18 heavy (non-hydrogen) atoms. The van der Waals surface area contributed by atoms with Crippen molar-refractivity contribution in [1.29, 1.82) is 0 Å². The molecule has 0 aromatic carbocycles. The number of hydrogen-bond donors (Lipinski definition) is 1. The lowest BCUT2D eigenvalue weighted by atomic mass is 10.1. The Morgan fingerprint density at radius 1 is 1.28 bits per heavy atom. The van der Waals surface area contributed by atoms with E-state index in [1.54, 1.807) is 0 Å². The summed E-state index contributed by atoms with van der Waals surface area (Å²) in [6.07, 6.45) is 10.1. The molecule has 0 radical (unpaired) electrons. The zero-order chi connectivity index (χ0) is 13.4. The van der Waals surface area contributed by atoms with Crippen molar-refractivity contribution in [3.63, 3.8) is 0 Å². The molecule has 0 saturated heterocycles. The van der Waals surface area contributed by atoms with Crippen LogP contribution in [0, 0.1) is 6.92 Å². The Balaban J connectivity index is 2.13. The van der Waals surface area contributed by atoms with Crippen LogP contribution in [-0.4, -0.2) is 15.8 Å². The molecule has 0 aliphatic carbocycles. The smallest absolute Gasteiger partial charge is 0.0537 e. The molecule has 1 aromatic heterocycles. The Hall–Kier alpha value is -0.830. The first-order valence-electron chi connectivity index (χ1n) is 7.36. The topological polar surface area (TPSA) is 29.9 Å². The first-order chi connectivity index (χ1) is 8.65. The molecule has 1 atom stereocenters. The quantitative estimate of drug-likeness (QED) is 0.680. The van der Waals surface area contributed by atoms with Gasteiger partial charge in [-0.15, -0.1) is 0 Å². The zero-order valence-corrected chi connectivity index (χ0v) is 12.5. The molecule has 0 aliphatic rings. The third-order valence-electron chi connectivity index (χ3n) is 3.72. The highest BCUT2D eigenvalue weighted by atomic mass is 15.3. The molecule has 1 heterocycles. The minimum Gasteiger partial charge on any atom is -0.310 e. The molecule has 0 amide bonds. The molecule has 0 saturated carbocycles. The molecule has 1 unspecified atom stereocenters. The Bertz CT molecular complexity index is 330. The van der Waals surface area contributed by atoms with Crippen LogP contribution in [0.25, 0.3) is 0 Å². The van der Waals surface area contributed by atoms with Crippen molar-refractivity contribution < 1.29 is 0 Å². The Kier molecular flexibility index (Phi) is 7.02. The highest BCUT2D eigenvalue weighted by molar-refractivity contribution is 5.15. The maximum Gasteiger partial charge on any atom is 0.0537 e. The molecule has 104 valence electrons. The van der Waals surface area contributed by atoms with Crippen LogP contribution in [0.2, 0.25) is 0 Å². The third-order valence-corrected chi connectivity index (χ3v) is 3.72. The van der Waals surface area contributed by atoms with E-state index in [9.17, 15) is 0 Å². The summed E-state index contributed by atoms with van der Waals surface area (Å²) >= 11 is 0. The van der Waals surface area contributed by atoms with Crippen LogP contribution in [0.3, 0.4) is 0 Å². The van der Waals surface area contributed by atoms with Crippen molar-refractivity contribution in [1.82, 2.24) is 15.1 Å². The van der Waals surface area contributed by atoms with Crippen LogP contribution in [0.1, 0.15) is 63.6 Å². The number of aryl methyl sites for hydroxylation is 1. The summed E-state index contributed by atoms with van der Waals surface area (Å²) in [5.41, 5.74) is 2.58. The molecule has 0 spiro atoms. The van der Waals surface area contributed by atoms with Crippen molar-refractivity contribution in [3.8, 4) is 0 Å². The molecular weight excluding hydrogens is 222 g/mol. The second-order valence-electron chi connectivity index (χ2n) is 5.36. The molecule has 0 aliphatic heterocycles. The van der Waals surface area contributed by atoms with E-state index in [-0.39, 0.29) is 0 Å². The second-order valence-corrected chi connectivity index (χ2v) is 5.36. The standard InChI is InChI=1S/C15H29N3/c1-5-6-7-8-9-10-13(2)16-11-15-12-17-18(4)14(15)3/h12-13,16H,5-11H2,1-4H3. The van der Waals surface area contributed by atoms with Gasteiger partial charge in [-0.3, -0.25) is 4.68 Å². The van der Waals surface area contributed by atoms with Crippen molar-refractivity contribution in [3.05, 3.63) is 17.5 Å². The van der Waals surface area contributed by atoms with Gasteiger partial charge in [-0.2, -0.15) is 5.10 Å². The lowest BCUT2D eigenvalue weighted by Gasteiger charge is -2.13. The van der Waals surface area contributed by atoms with Gasteiger partial charge in [0.15, 0.2) is 0 Å². The normalized spacial score (nSPS) is 12.9. The third kappa shape index (κ3) is 5.21. The first-order valence-corrected chi connectivity index (χ1v) is 7.36. The average molecular weight is 251 g/mol. The molecule has 0 bridgehead atoms. The number of aromatic nitrogens is 2. The fourth-order valence-corrected chi connectivity index (χ4v) is 2.16. The van der Waals surface area contributed by atoms with Gasteiger partial charge in [-0.1, -0.05) is 39.0 Å². The van der Waals surface area contributed by atoms with Gasteiger partial charge in [-0.25, -0.2) is 0 Å². The summed E-state index contributed by atoms with van der Waals surface area (Å²) in [7, 11) is 2.00. The molecule has 3 heteroatoms. The summed E-state index contributed by atoms with van der Waals surface area (Å²) in [5.74, 6) is 0. The van der Waals surface area contributed by atoms with Crippen LogP contribution in [0.4, 0.5) is 0 Å². The Morgan fingerprint density at radius 2 is 2.00 bits per heavy atom. The van der Waals surface area contributed by atoms with Crippen LogP contribution in [0.15, 0.2) is 6.20 Å². The van der Waals surface area contributed by atoms with Gasteiger partial charge in [0.25, 0.3) is 0 Å². The highest BCUT2D eigenvalue weighted by Gasteiger charge is 2.05. The van der Waals surface area contributed by atoms with Crippen molar-refractivity contribution >= 4 is 0 Å². The number of rotatable bonds is 9. The first kappa shape index (κ1) is 15.2. The predicted molar refractivity (Wildman–Crippen MR) is 77.6 cm³/mol. The van der Waals surface area contributed by atoms with Gasteiger partial charge in [0, 0.05) is 30.9 Å². The number of nitrogens with one attached hydrogen (secondary N) is 1. The number of hydrogen-bond acceptors (Lipinski definition) is 2. The van der Waals surface area contributed by atoms with E-state index in [0.717, 1.165) is 6.54 Å². The summed E-state index contributed by atoms with van der Waals surface area (Å²) in [4.78, 5) is 0. The van der Waals surface area contributed by atoms with Gasteiger partial charge in [0.1, 0.15) is 0 Å². The largest absolute Gasteiger partial charge is 0.310 e. The summed E-state index contributed by atoms with van der Waals surface area (Å²) < 4.78 is 1.94. The fraction of sp³-hybridized carbons (Fsp3) is 0.800. The van der Waals surface area contributed by atoms with Crippen LogP contribution < -0.4 is 5.32 Å². The zero-order valence-electron chi connectivity index (χ0n) is 12.5. The molecule has 0 fully saturated rings. The van der Waals surface area contributed by atoms with Gasteiger partial charge in [0.05, 0.1) is 6.20 Å². The number of unbranched alkanes of at least 4 members (excludes halogenated alkanes) is 4. The maximum absolute atomic E-state index is 4.27.